The predicted molar refractivity (Wildman–Crippen MR) is 102 cm³/mol. The number of nitro groups is 1. The number of carbonyl (C=O) groups is 2. The van der Waals surface area contributed by atoms with Crippen LogP contribution >= 0.6 is 22.7 Å². The predicted octanol–water partition coefficient (Wildman–Crippen LogP) is 3.96. The zero-order valence-electron chi connectivity index (χ0n) is 13.9. The molecule has 3 aromatic rings. The van der Waals surface area contributed by atoms with Crippen molar-refractivity contribution in [3.05, 3.63) is 62.8 Å². The van der Waals surface area contributed by atoms with Gasteiger partial charge >= 0.3 is 11.0 Å². The van der Waals surface area contributed by atoms with E-state index < -0.39 is 22.9 Å². The minimum atomic E-state index is -1.08. The third kappa shape index (κ3) is 4.54. The zero-order chi connectivity index (χ0) is 19.4. The van der Waals surface area contributed by atoms with Crippen LogP contribution in [0, 0.1) is 10.1 Å². The molecule has 138 valence electrons. The van der Waals surface area contributed by atoms with E-state index in [-0.39, 0.29) is 9.88 Å². The van der Waals surface area contributed by atoms with Crippen molar-refractivity contribution in [1.82, 2.24) is 4.98 Å². The van der Waals surface area contributed by atoms with Crippen LogP contribution in [0.25, 0.3) is 11.3 Å². The van der Waals surface area contributed by atoms with Crippen LogP contribution in [0.3, 0.4) is 0 Å². The number of hydrogen-bond donors (Lipinski definition) is 1. The Hall–Kier alpha value is -3.11. The molecule has 0 spiro atoms. The smallest absolute Gasteiger partial charge is 0.349 e. The number of hydrogen-bond acceptors (Lipinski definition) is 8. The molecule has 0 aliphatic rings. The standard InChI is InChI=1S/C17H13N3O5S2/c1-10(25-16(22)13-7-8-14(27-13)20(23)24)15(21)19-17-18-12(9-26-17)11-5-3-2-4-6-11/h2-10H,1H3,(H,18,19,21)/t10-/m1/s1. The van der Waals surface area contributed by atoms with Gasteiger partial charge in [-0.2, -0.15) is 0 Å². The van der Waals surface area contributed by atoms with Crippen LogP contribution in [0.2, 0.25) is 0 Å². The minimum Gasteiger partial charge on any atom is -0.448 e. The number of amides is 1. The molecule has 0 fully saturated rings. The largest absolute Gasteiger partial charge is 0.448 e. The number of thiazole rings is 1. The van der Waals surface area contributed by atoms with E-state index in [4.69, 9.17) is 4.74 Å². The van der Waals surface area contributed by atoms with Gasteiger partial charge < -0.3 is 4.74 Å². The summed E-state index contributed by atoms with van der Waals surface area (Å²) < 4.78 is 5.07. The maximum atomic E-state index is 12.2. The Balaban J connectivity index is 1.60. The van der Waals surface area contributed by atoms with E-state index in [9.17, 15) is 19.7 Å². The third-order valence-corrected chi connectivity index (χ3v) is 5.20. The van der Waals surface area contributed by atoms with Crippen molar-refractivity contribution in [1.29, 1.82) is 0 Å². The van der Waals surface area contributed by atoms with E-state index in [0.717, 1.165) is 11.3 Å². The summed E-state index contributed by atoms with van der Waals surface area (Å²) >= 11 is 1.95. The van der Waals surface area contributed by atoms with E-state index in [1.807, 2.05) is 35.7 Å². The van der Waals surface area contributed by atoms with Crippen LogP contribution in [0.15, 0.2) is 47.8 Å². The second kappa shape index (κ2) is 8.06. The van der Waals surface area contributed by atoms with Gasteiger partial charge in [-0.3, -0.25) is 20.2 Å². The van der Waals surface area contributed by atoms with E-state index in [2.05, 4.69) is 10.3 Å². The van der Waals surface area contributed by atoms with Gasteiger partial charge in [0, 0.05) is 17.0 Å². The van der Waals surface area contributed by atoms with Crippen molar-refractivity contribution in [2.24, 2.45) is 0 Å². The zero-order valence-corrected chi connectivity index (χ0v) is 15.6. The van der Waals surface area contributed by atoms with Crippen LogP contribution < -0.4 is 5.32 Å². The molecule has 27 heavy (non-hydrogen) atoms. The van der Waals surface area contributed by atoms with Gasteiger partial charge in [-0.15, -0.1) is 11.3 Å². The molecule has 1 atom stereocenters. The summed E-state index contributed by atoms with van der Waals surface area (Å²) in [7, 11) is 0. The maximum Gasteiger partial charge on any atom is 0.349 e. The van der Waals surface area contributed by atoms with Gasteiger partial charge in [0.1, 0.15) is 4.88 Å². The first-order valence-corrected chi connectivity index (χ1v) is 9.40. The molecule has 0 radical (unpaired) electrons. The lowest BCUT2D eigenvalue weighted by Crippen LogP contribution is -2.29. The molecule has 10 heteroatoms. The Kier molecular flexibility index (Phi) is 5.57. The third-order valence-electron chi connectivity index (χ3n) is 3.43. The van der Waals surface area contributed by atoms with Crippen molar-refractivity contribution in [2.75, 3.05) is 5.32 Å². The lowest BCUT2D eigenvalue weighted by molar-refractivity contribution is -0.380. The van der Waals surface area contributed by atoms with E-state index in [1.54, 1.807) is 0 Å². The highest BCUT2D eigenvalue weighted by Crippen LogP contribution is 2.26. The summed E-state index contributed by atoms with van der Waals surface area (Å²) in [6, 6.07) is 12.0. The van der Waals surface area contributed by atoms with Crippen LogP contribution in [-0.4, -0.2) is 27.9 Å². The summed E-state index contributed by atoms with van der Waals surface area (Å²) in [5.74, 6) is -1.33. The minimum absolute atomic E-state index is 0.0574. The van der Waals surface area contributed by atoms with Crippen LogP contribution in [0.5, 0.6) is 0 Å². The molecule has 0 aliphatic heterocycles. The molecule has 0 saturated carbocycles. The molecule has 0 aliphatic carbocycles. The van der Waals surface area contributed by atoms with Crippen molar-refractivity contribution in [3.63, 3.8) is 0 Å². The lowest BCUT2D eigenvalue weighted by atomic mass is 10.2. The Morgan fingerprint density at radius 2 is 1.96 bits per heavy atom. The van der Waals surface area contributed by atoms with Crippen molar-refractivity contribution < 1.29 is 19.2 Å². The fraction of sp³-hybridized carbons (Fsp3) is 0.118. The molecule has 1 amide bonds. The van der Waals surface area contributed by atoms with E-state index in [1.165, 1.54) is 30.4 Å². The molecule has 0 unspecified atom stereocenters. The molecular formula is C17H13N3O5S2. The Labute approximate surface area is 161 Å². The Bertz CT molecular complexity index is 983. The number of rotatable bonds is 6. The van der Waals surface area contributed by atoms with Gasteiger partial charge in [0.15, 0.2) is 11.2 Å². The fourth-order valence-electron chi connectivity index (χ4n) is 2.09. The average molecular weight is 403 g/mol. The molecule has 8 nitrogen and oxygen atoms in total. The van der Waals surface area contributed by atoms with E-state index in [0.29, 0.717) is 16.5 Å². The Morgan fingerprint density at radius 1 is 1.22 bits per heavy atom. The highest BCUT2D eigenvalue weighted by atomic mass is 32.1. The number of ether oxygens (including phenoxy) is 1. The quantitative estimate of drug-likeness (QED) is 0.379. The second-order valence-electron chi connectivity index (χ2n) is 5.34. The second-order valence-corrected chi connectivity index (χ2v) is 7.26. The molecular weight excluding hydrogens is 390 g/mol. The molecule has 2 heterocycles. The number of nitrogens with zero attached hydrogens (tertiary/aromatic N) is 2. The number of anilines is 1. The SMILES string of the molecule is C[C@@H](OC(=O)c1ccc([N+](=O)[O-])s1)C(=O)Nc1nc(-c2ccccc2)cs1. The summed E-state index contributed by atoms with van der Waals surface area (Å²) in [5.41, 5.74) is 1.65. The maximum absolute atomic E-state index is 12.2. The first kappa shape index (κ1) is 18.7. The monoisotopic (exact) mass is 403 g/mol. The molecule has 3 rings (SSSR count). The summed E-state index contributed by atoms with van der Waals surface area (Å²) in [6.45, 7) is 1.42. The van der Waals surface area contributed by atoms with Gasteiger partial charge in [0.2, 0.25) is 0 Å². The number of carbonyl (C=O) groups excluding carboxylic acids is 2. The fourth-order valence-corrected chi connectivity index (χ4v) is 3.51. The summed E-state index contributed by atoms with van der Waals surface area (Å²) in [6.07, 6.45) is -1.08. The van der Waals surface area contributed by atoms with Gasteiger partial charge in [-0.05, 0) is 13.0 Å². The highest BCUT2D eigenvalue weighted by molar-refractivity contribution is 7.17. The van der Waals surface area contributed by atoms with Crippen molar-refractivity contribution in [3.8, 4) is 11.3 Å². The molecule has 1 N–H and O–H groups in total. The number of esters is 1. The van der Waals surface area contributed by atoms with Gasteiger partial charge in [-0.25, -0.2) is 9.78 Å². The van der Waals surface area contributed by atoms with Crippen LogP contribution in [-0.2, 0) is 9.53 Å². The first-order valence-electron chi connectivity index (χ1n) is 7.71. The summed E-state index contributed by atoms with van der Waals surface area (Å²) in [5, 5.41) is 15.3. The van der Waals surface area contributed by atoms with Crippen molar-refractivity contribution in [2.45, 2.75) is 13.0 Å². The topological polar surface area (TPSA) is 111 Å². The van der Waals surface area contributed by atoms with Gasteiger partial charge in [0.25, 0.3) is 5.91 Å². The van der Waals surface area contributed by atoms with Gasteiger partial charge in [0.05, 0.1) is 10.6 Å². The summed E-state index contributed by atoms with van der Waals surface area (Å²) in [4.78, 5) is 38.7. The normalized spacial score (nSPS) is 11.6. The average Bonchev–Trinajstić information content (AvgIpc) is 3.32. The lowest BCUT2D eigenvalue weighted by Gasteiger charge is -2.11. The number of thiophene rings is 1. The van der Waals surface area contributed by atoms with Crippen molar-refractivity contribution >= 4 is 44.7 Å². The van der Waals surface area contributed by atoms with Gasteiger partial charge in [-0.1, -0.05) is 41.7 Å². The molecule has 0 bridgehead atoms. The van der Waals surface area contributed by atoms with E-state index >= 15 is 0 Å². The number of nitrogens with one attached hydrogen (secondary N) is 1. The molecule has 0 saturated heterocycles. The Morgan fingerprint density at radius 3 is 2.63 bits per heavy atom. The number of aromatic nitrogens is 1. The van der Waals surface area contributed by atoms with Crippen LogP contribution in [0.1, 0.15) is 16.6 Å². The van der Waals surface area contributed by atoms with Crippen LogP contribution in [0.4, 0.5) is 10.1 Å². The molecule has 1 aromatic carbocycles. The molecule has 2 aromatic heterocycles. The highest BCUT2D eigenvalue weighted by Gasteiger charge is 2.23. The first-order chi connectivity index (χ1) is 12.9. The number of benzene rings is 1.